The van der Waals surface area contributed by atoms with Crippen molar-refractivity contribution in [3.63, 3.8) is 0 Å². The van der Waals surface area contributed by atoms with E-state index in [0.29, 0.717) is 36.3 Å². The van der Waals surface area contributed by atoms with Crippen molar-refractivity contribution in [2.75, 3.05) is 13.2 Å². The van der Waals surface area contributed by atoms with Crippen LogP contribution in [0, 0.1) is 17.5 Å². The zero-order chi connectivity index (χ0) is 16.4. The number of fused-ring (bicyclic) bond motifs is 1. The zero-order valence-corrected chi connectivity index (χ0v) is 11.9. The topological polar surface area (TPSA) is 47.6 Å². The second-order valence-electron chi connectivity index (χ2n) is 4.88. The number of hydrogen-bond acceptors (Lipinski definition) is 3. The summed E-state index contributed by atoms with van der Waals surface area (Å²) in [6.07, 6.45) is 0. The monoisotopic (exact) mass is 323 g/mol. The molecular weight excluding hydrogens is 311 g/mol. The van der Waals surface area contributed by atoms with Crippen LogP contribution in [0.15, 0.2) is 30.3 Å². The predicted molar refractivity (Wildman–Crippen MR) is 74.9 cm³/mol. The Bertz CT molecular complexity index is 764. The van der Waals surface area contributed by atoms with Crippen molar-refractivity contribution in [1.29, 1.82) is 0 Å². The van der Waals surface area contributed by atoms with Crippen LogP contribution >= 0.6 is 0 Å². The molecule has 0 saturated heterocycles. The first-order valence-electron chi connectivity index (χ1n) is 6.86. The lowest BCUT2D eigenvalue weighted by atomic mass is 10.1. The van der Waals surface area contributed by atoms with Gasteiger partial charge in [-0.05, 0) is 29.8 Å². The van der Waals surface area contributed by atoms with E-state index in [2.05, 4.69) is 5.32 Å². The summed E-state index contributed by atoms with van der Waals surface area (Å²) in [5.41, 5.74) is 0.145. The van der Waals surface area contributed by atoms with Gasteiger partial charge in [0.05, 0.1) is 5.56 Å². The average molecular weight is 323 g/mol. The minimum absolute atomic E-state index is 0.0773. The third-order valence-corrected chi connectivity index (χ3v) is 3.34. The maximum Gasteiger partial charge on any atom is 0.254 e. The molecule has 1 aliphatic heterocycles. The summed E-state index contributed by atoms with van der Waals surface area (Å²) in [4.78, 5) is 11.9. The Balaban J connectivity index is 1.71. The highest BCUT2D eigenvalue weighted by Gasteiger charge is 2.19. The van der Waals surface area contributed by atoms with E-state index in [4.69, 9.17) is 9.47 Å². The molecule has 3 rings (SSSR count). The number of halogens is 3. The number of amides is 1. The standard InChI is InChI=1S/C16H12F3NO3/c17-11-3-2-10(14(18)15(11)19)16(21)20-8-9-1-4-12-13(7-9)23-6-5-22-12/h1-4,7H,5-6,8H2,(H,20,21). The number of carbonyl (C=O) groups excluding carboxylic acids is 1. The Hall–Kier alpha value is -2.70. The molecule has 0 bridgehead atoms. The minimum Gasteiger partial charge on any atom is -0.486 e. The van der Waals surface area contributed by atoms with Crippen molar-refractivity contribution < 1.29 is 27.4 Å². The van der Waals surface area contributed by atoms with E-state index < -0.39 is 28.9 Å². The van der Waals surface area contributed by atoms with Crippen molar-refractivity contribution in [2.45, 2.75) is 6.54 Å². The fourth-order valence-corrected chi connectivity index (χ4v) is 2.18. The Morgan fingerprint density at radius 2 is 1.74 bits per heavy atom. The van der Waals surface area contributed by atoms with Crippen molar-refractivity contribution in [2.24, 2.45) is 0 Å². The van der Waals surface area contributed by atoms with Gasteiger partial charge >= 0.3 is 0 Å². The van der Waals surface area contributed by atoms with Gasteiger partial charge < -0.3 is 14.8 Å². The molecule has 4 nitrogen and oxygen atoms in total. The summed E-state index contributed by atoms with van der Waals surface area (Å²) < 4.78 is 50.3. The van der Waals surface area contributed by atoms with E-state index in [1.807, 2.05) is 0 Å². The van der Waals surface area contributed by atoms with Gasteiger partial charge in [0.25, 0.3) is 5.91 Å². The number of benzene rings is 2. The molecule has 23 heavy (non-hydrogen) atoms. The average Bonchev–Trinajstić information content (AvgIpc) is 2.57. The lowest BCUT2D eigenvalue weighted by Gasteiger charge is -2.19. The molecule has 0 aromatic heterocycles. The van der Waals surface area contributed by atoms with Crippen molar-refractivity contribution in [3.05, 3.63) is 58.9 Å². The van der Waals surface area contributed by atoms with Gasteiger partial charge in [-0.1, -0.05) is 6.07 Å². The van der Waals surface area contributed by atoms with Crippen molar-refractivity contribution in [1.82, 2.24) is 5.32 Å². The molecule has 0 spiro atoms. The molecule has 0 atom stereocenters. The summed E-state index contributed by atoms with van der Waals surface area (Å²) >= 11 is 0. The first kappa shape index (κ1) is 15.2. The Kier molecular flexibility index (Phi) is 4.10. The number of hydrogen-bond donors (Lipinski definition) is 1. The van der Waals surface area contributed by atoms with Gasteiger partial charge in [0.1, 0.15) is 13.2 Å². The summed E-state index contributed by atoms with van der Waals surface area (Å²) in [5, 5.41) is 2.45. The number of rotatable bonds is 3. The fraction of sp³-hybridized carbons (Fsp3) is 0.188. The first-order chi connectivity index (χ1) is 11.1. The highest BCUT2D eigenvalue weighted by Crippen LogP contribution is 2.30. The summed E-state index contributed by atoms with van der Waals surface area (Å²) in [6.45, 7) is 0.981. The first-order valence-corrected chi connectivity index (χ1v) is 6.86. The van der Waals surface area contributed by atoms with Gasteiger partial charge in [0, 0.05) is 6.54 Å². The highest BCUT2D eigenvalue weighted by atomic mass is 19.2. The molecule has 1 N–H and O–H groups in total. The molecule has 0 fully saturated rings. The lowest BCUT2D eigenvalue weighted by molar-refractivity contribution is 0.0945. The van der Waals surface area contributed by atoms with Gasteiger partial charge in [-0.2, -0.15) is 0 Å². The van der Waals surface area contributed by atoms with Crippen LogP contribution < -0.4 is 14.8 Å². The van der Waals surface area contributed by atoms with E-state index in [-0.39, 0.29) is 6.54 Å². The van der Waals surface area contributed by atoms with Crippen molar-refractivity contribution in [3.8, 4) is 11.5 Å². The molecule has 0 unspecified atom stereocenters. The van der Waals surface area contributed by atoms with Gasteiger partial charge in [-0.3, -0.25) is 4.79 Å². The normalized spacial score (nSPS) is 12.8. The van der Waals surface area contributed by atoms with Crippen LogP contribution in [0.1, 0.15) is 15.9 Å². The molecule has 7 heteroatoms. The Morgan fingerprint density at radius 1 is 1.00 bits per heavy atom. The van der Waals surface area contributed by atoms with E-state index in [0.717, 1.165) is 6.07 Å². The lowest BCUT2D eigenvalue weighted by Crippen LogP contribution is -2.24. The van der Waals surface area contributed by atoms with Crippen molar-refractivity contribution >= 4 is 5.91 Å². The van der Waals surface area contributed by atoms with Gasteiger partial charge in [0.2, 0.25) is 0 Å². The second kappa shape index (κ2) is 6.20. The minimum atomic E-state index is -1.67. The SMILES string of the molecule is O=C(NCc1ccc2c(c1)OCCO2)c1ccc(F)c(F)c1F. The molecule has 2 aromatic rings. The van der Waals surface area contributed by atoms with E-state index in [1.54, 1.807) is 18.2 Å². The van der Waals surface area contributed by atoms with Crippen LogP contribution in [-0.2, 0) is 6.54 Å². The molecule has 120 valence electrons. The van der Waals surface area contributed by atoms with E-state index in [1.165, 1.54) is 0 Å². The molecule has 0 aliphatic carbocycles. The van der Waals surface area contributed by atoms with Crippen LogP contribution in [-0.4, -0.2) is 19.1 Å². The van der Waals surface area contributed by atoms with Crippen LogP contribution in [0.2, 0.25) is 0 Å². The van der Waals surface area contributed by atoms with Gasteiger partial charge in [-0.15, -0.1) is 0 Å². The molecular formula is C16H12F3NO3. The number of ether oxygens (including phenoxy) is 2. The van der Waals surface area contributed by atoms with Gasteiger partial charge in [-0.25, -0.2) is 13.2 Å². The summed E-state index contributed by atoms with van der Waals surface area (Å²) in [6, 6.07) is 6.71. The molecule has 1 heterocycles. The molecule has 2 aromatic carbocycles. The largest absolute Gasteiger partial charge is 0.486 e. The highest BCUT2D eigenvalue weighted by molar-refractivity contribution is 5.94. The van der Waals surface area contributed by atoms with Crippen LogP contribution in [0.3, 0.4) is 0 Å². The van der Waals surface area contributed by atoms with Crippen LogP contribution in [0.25, 0.3) is 0 Å². The smallest absolute Gasteiger partial charge is 0.254 e. The zero-order valence-electron chi connectivity index (χ0n) is 11.9. The Morgan fingerprint density at radius 3 is 2.52 bits per heavy atom. The maximum atomic E-state index is 13.6. The maximum absolute atomic E-state index is 13.6. The van der Waals surface area contributed by atoms with Gasteiger partial charge in [0.15, 0.2) is 29.0 Å². The van der Waals surface area contributed by atoms with E-state index >= 15 is 0 Å². The second-order valence-corrected chi connectivity index (χ2v) is 4.88. The molecule has 0 saturated carbocycles. The number of carbonyl (C=O) groups is 1. The van der Waals surface area contributed by atoms with E-state index in [9.17, 15) is 18.0 Å². The summed E-state index contributed by atoms with van der Waals surface area (Å²) in [5.74, 6) is -4.19. The molecule has 0 radical (unpaired) electrons. The summed E-state index contributed by atoms with van der Waals surface area (Å²) in [7, 11) is 0. The molecule has 1 aliphatic rings. The van der Waals surface area contributed by atoms with Crippen LogP contribution in [0.5, 0.6) is 11.5 Å². The Labute approximate surface area is 129 Å². The third-order valence-electron chi connectivity index (χ3n) is 3.34. The molecule has 1 amide bonds. The third kappa shape index (κ3) is 3.08. The fourth-order valence-electron chi connectivity index (χ4n) is 2.18. The van der Waals surface area contributed by atoms with Crippen LogP contribution in [0.4, 0.5) is 13.2 Å². The quantitative estimate of drug-likeness (QED) is 0.884. The predicted octanol–water partition coefficient (Wildman–Crippen LogP) is 2.81. The number of nitrogens with one attached hydrogen (secondary N) is 1.